The third-order valence-electron chi connectivity index (χ3n) is 3.92. The van der Waals surface area contributed by atoms with Crippen LogP contribution in [0.25, 0.3) is 0 Å². The molecule has 0 aliphatic heterocycles. The molecule has 5 nitrogen and oxygen atoms in total. The monoisotopic (exact) mass is 355 g/mol. The van der Waals surface area contributed by atoms with Crippen LogP contribution < -0.4 is 10.1 Å². The average Bonchev–Trinajstić information content (AvgIpc) is 2.55. The van der Waals surface area contributed by atoms with Crippen LogP contribution >= 0.6 is 0 Å². The van der Waals surface area contributed by atoms with E-state index in [0.717, 1.165) is 27.9 Å². The standard InChI is InChI=1S/C21H25NO4/c1-13-7-6-8-18(11-13)26-17(5)21(24)25-12-19(23)22-20-15(3)9-14(2)10-16(20)4/h6-11,17H,12H2,1-5H3,(H,22,23)/t17-/m0/s1. The summed E-state index contributed by atoms with van der Waals surface area (Å²) in [6.07, 6.45) is -0.799. The first-order valence-electron chi connectivity index (χ1n) is 8.54. The molecule has 0 bridgehead atoms. The van der Waals surface area contributed by atoms with Gasteiger partial charge in [-0.1, -0.05) is 29.8 Å². The lowest BCUT2D eigenvalue weighted by Crippen LogP contribution is -2.30. The van der Waals surface area contributed by atoms with E-state index < -0.39 is 12.1 Å². The van der Waals surface area contributed by atoms with Gasteiger partial charge >= 0.3 is 5.97 Å². The molecule has 2 aromatic rings. The van der Waals surface area contributed by atoms with Crippen LogP contribution in [0.5, 0.6) is 5.75 Å². The van der Waals surface area contributed by atoms with E-state index >= 15 is 0 Å². The van der Waals surface area contributed by atoms with E-state index in [4.69, 9.17) is 9.47 Å². The molecule has 1 N–H and O–H groups in total. The molecule has 2 rings (SSSR count). The summed E-state index contributed by atoms with van der Waals surface area (Å²) in [5, 5.41) is 2.80. The Morgan fingerprint density at radius 3 is 2.27 bits per heavy atom. The molecule has 1 atom stereocenters. The lowest BCUT2D eigenvalue weighted by atomic mass is 10.1. The molecular formula is C21H25NO4. The quantitative estimate of drug-likeness (QED) is 0.799. The molecule has 0 fully saturated rings. The number of aryl methyl sites for hydroxylation is 4. The summed E-state index contributed by atoms with van der Waals surface area (Å²) >= 11 is 0. The van der Waals surface area contributed by atoms with Gasteiger partial charge in [0.15, 0.2) is 12.7 Å². The first-order valence-corrected chi connectivity index (χ1v) is 8.54. The fourth-order valence-corrected chi connectivity index (χ4v) is 2.75. The van der Waals surface area contributed by atoms with E-state index in [2.05, 4.69) is 5.32 Å². The molecule has 0 spiro atoms. The fraction of sp³-hybridized carbons (Fsp3) is 0.333. The largest absolute Gasteiger partial charge is 0.479 e. The minimum atomic E-state index is -0.799. The summed E-state index contributed by atoms with van der Waals surface area (Å²) in [5.74, 6) is -0.375. The summed E-state index contributed by atoms with van der Waals surface area (Å²) < 4.78 is 10.6. The Hall–Kier alpha value is -2.82. The SMILES string of the molecule is Cc1cccc(O[C@@H](C)C(=O)OCC(=O)Nc2c(C)cc(C)cc2C)c1. The lowest BCUT2D eigenvalue weighted by Gasteiger charge is -2.15. The molecule has 2 aromatic carbocycles. The Labute approximate surface area is 154 Å². The first-order chi connectivity index (χ1) is 12.3. The van der Waals surface area contributed by atoms with E-state index in [9.17, 15) is 9.59 Å². The normalized spacial score (nSPS) is 11.6. The molecule has 1 amide bonds. The lowest BCUT2D eigenvalue weighted by molar-refractivity contribution is -0.153. The van der Waals surface area contributed by atoms with Crippen molar-refractivity contribution >= 4 is 17.6 Å². The summed E-state index contributed by atoms with van der Waals surface area (Å²) in [4.78, 5) is 24.1. The van der Waals surface area contributed by atoms with Crippen LogP contribution in [0.15, 0.2) is 36.4 Å². The van der Waals surface area contributed by atoms with Gasteiger partial charge in [-0.25, -0.2) is 4.79 Å². The number of hydrogen-bond donors (Lipinski definition) is 1. The van der Waals surface area contributed by atoms with Crippen LogP contribution in [0.4, 0.5) is 5.69 Å². The molecule has 0 aliphatic rings. The van der Waals surface area contributed by atoms with Gasteiger partial charge in [0, 0.05) is 5.69 Å². The van der Waals surface area contributed by atoms with Gasteiger partial charge in [-0.05, 0) is 63.4 Å². The van der Waals surface area contributed by atoms with Crippen molar-refractivity contribution in [3.8, 4) is 5.75 Å². The molecule has 0 aromatic heterocycles. The van der Waals surface area contributed by atoms with Gasteiger partial charge in [0.25, 0.3) is 5.91 Å². The van der Waals surface area contributed by atoms with Crippen molar-refractivity contribution in [3.63, 3.8) is 0 Å². The molecule has 0 radical (unpaired) electrons. The zero-order valence-corrected chi connectivity index (χ0v) is 15.9. The van der Waals surface area contributed by atoms with Crippen molar-refractivity contribution in [2.24, 2.45) is 0 Å². The number of ether oxygens (including phenoxy) is 2. The van der Waals surface area contributed by atoms with Crippen molar-refractivity contribution in [3.05, 3.63) is 58.7 Å². The number of nitrogens with one attached hydrogen (secondary N) is 1. The van der Waals surface area contributed by atoms with Crippen molar-refractivity contribution in [2.45, 2.75) is 40.7 Å². The Bertz CT molecular complexity index is 790. The minimum Gasteiger partial charge on any atom is -0.479 e. The average molecular weight is 355 g/mol. The van der Waals surface area contributed by atoms with Crippen molar-refractivity contribution < 1.29 is 19.1 Å². The molecule has 0 unspecified atom stereocenters. The van der Waals surface area contributed by atoms with Gasteiger partial charge in [-0.3, -0.25) is 4.79 Å². The van der Waals surface area contributed by atoms with E-state index in [1.54, 1.807) is 13.0 Å². The highest BCUT2D eigenvalue weighted by Crippen LogP contribution is 2.21. The number of hydrogen-bond acceptors (Lipinski definition) is 4. The second-order valence-corrected chi connectivity index (χ2v) is 6.51. The van der Waals surface area contributed by atoms with Gasteiger partial charge in [0.1, 0.15) is 5.75 Å². The number of rotatable bonds is 6. The topological polar surface area (TPSA) is 64.6 Å². The van der Waals surface area contributed by atoms with Gasteiger partial charge in [0.2, 0.25) is 0 Å². The third kappa shape index (κ3) is 5.34. The molecule has 0 heterocycles. The molecule has 0 aliphatic carbocycles. The Balaban J connectivity index is 1.87. The predicted octanol–water partition coefficient (Wildman–Crippen LogP) is 3.87. The smallest absolute Gasteiger partial charge is 0.347 e. The van der Waals surface area contributed by atoms with Crippen LogP contribution in [0.3, 0.4) is 0 Å². The van der Waals surface area contributed by atoms with E-state index in [1.807, 2.05) is 58.0 Å². The Morgan fingerprint density at radius 2 is 1.65 bits per heavy atom. The summed E-state index contributed by atoms with van der Waals surface area (Å²) in [6.45, 7) is 9.04. The third-order valence-corrected chi connectivity index (χ3v) is 3.92. The maximum absolute atomic E-state index is 12.1. The first kappa shape index (κ1) is 19.5. The molecule has 138 valence electrons. The van der Waals surface area contributed by atoms with Crippen molar-refractivity contribution in [2.75, 3.05) is 11.9 Å². The Kier molecular flexibility index (Phi) is 6.39. The van der Waals surface area contributed by atoms with Crippen molar-refractivity contribution in [1.29, 1.82) is 0 Å². The number of carbonyl (C=O) groups is 2. The maximum atomic E-state index is 12.1. The zero-order valence-electron chi connectivity index (χ0n) is 15.9. The number of esters is 1. The van der Waals surface area contributed by atoms with Crippen LogP contribution in [0.1, 0.15) is 29.2 Å². The fourth-order valence-electron chi connectivity index (χ4n) is 2.75. The highest BCUT2D eigenvalue weighted by molar-refractivity contribution is 5.94. The van der Waals surface area contributed by atoms with Crippen LogP contribution in [0.2, 0.25) is 0 Å². The number of carbonyl (C=O) groups excluding carboxylic acids is 2. The molecule has 5 heteroatoms. The summed E-state index contributed by atoms with van der Waals surface area (Å²) in [7, 11) is 0. The van der Waals surface area contributed by atoms with Gasteiger partial charge < -0.3 is 14.8 Å². The number of benzene rings is 2. The molecule has 0 saturated carbocycles. The molecule has 26 heavy (non-hydrogen) atoms. The maximum Gasteiger partial charge on any atom is 0.347 e. The number of anilines is 1. The molecular weight excluding hydrogens is 330 g/mol. The van der Waals surface area contributed by atoms with Gasteiger partial charge in [-0.2, -0.15) is 0 Å². The Morgan fingerprint density at radius 1 is 1.00 bits per heavy atom. The number of amides is 1. The van der Waals surface area contributed by atoms with Crippen LogP contribution in [0, 0.1) is 27.7 Å². The van der Waals surface area contributed by atoms with Gasteiger partial charge in [-0.15, -0.1) is 0 Å². The minimum absolute atomic E-state index is 0.354. The highest BCUT2D eigenvalue weighted by atomic mass is 16.6. The van der Waals surface area contributed by atoms with E-state index in [-0.39, 0.29) is 12.5 Å². The highest BCUT2D eigenvalue weighted by Gasteiger charge is 2.18. The second-order valence-electron chi connectivity index (χ2n) is 6.51. The van der Waals surface area contributed by atoms with Gasteiger partial charge in [0.05, 0.1) is 0 Å². The van der Waals surface area contributed by atoms with E-state index in [1.165, 1.54) is 0 Å². The summed E-state index contributed by atoms with van der Waals surface area (Å²) in [6, 6.07) is 11.4. The zero-order chi connectivity index (χ0) is 19.3. The van der Waals surface area contributed by atoms with Crippen molar-refractivity contribution in [1.82, 2.24) is 0 Å². The second kappa shape index (κ2) is 8.52. The van der Waals surface area contributed by atoms with Crippen LogP contribution in [-0.2, 0) is 14.3 Å². The van der Waals surface area contributed by atoms with Crippen LogP contribution in [-0.4, -0.2) is 24.6 Å². The summed E-state index contributed by atoms with van der Waals surface area (Å²) in [5.41, 5.74) is 4.86. The van der Waals surface area contributed by atoms with E-state index in [0.29, 0.717) is 5.75 Å². The predicted molar refractivity (Wildman–Crippen MR) is 102 cm³/mol. The molecule has 0 saturated heterocycles.